The predicted octanol–water partition coefficient (Wildman–Crippen LogP) is 20.0. The van der Waals surface area contributed by atoms with Gasteiger partial charge in [-0.15, -0.1) is 0 Å². The summed E-state index contributed by atoms with van der Waals surface area (Å²) >= 11 is 8.25. The van der Waals surface area contributed by atoms with E-state index in [9.17, 15) is 0 Å². The molecule has 420 valence electrons. The van der Waals surface area contributed by atoms with E-state index in [1.807, 2.05) is 0 Å². The van der Waals surface area contributed by atoms with Gasteiger partial charge < -0.3 is 33.1 Å². The molecule has 2 aromatic rings. The van der Waals surface area contributed by atoms with Gasteiger partial charge >= 0.3 is 0 Å². The van der Waals surface area contributed by atoms with Crippen LogP contribution in [0, 0.1) is 12.1 Å². The van der Waals surface area contributed by atoms with Crippen molar-refractivity contribution in [3.63, 3.8) is 0 Å². The second-order valence-electron chi connectivity index (χ2n) is 34.7. The molecule has 0 heterocycles. The Morgan fingerprint density at radius 3 is 0.444 bits per heavy atom. The number of hydrogen-bond donors (Lipinski definition) is 0. The summed E-state index contributed by atoms with van der Waals surface area (Å²) in [7, 11) is -15.6. The van der Waals surface area contributed by atoms with Crippen LogP contribution in [0.5, 0.6) is 0 Å². The molecule has 0 atom stereocenters. The van der Waals surface area contributed by atoms with E-state index in [1.54, 1.807) is 33.4 Å². The minimum absolute atomic E-state index is 0. The van der Waals surface area contributed by atoms with E-state index in [1.165, 1.54) is 0 Å². The minimum atomic E-state index is -1.39. The SMILES string of the molecule is C[Si](C)(C)C(c1[c]c(C([Si](C)(C)C)[Si](C)(C)C)cc(C([Si](C)(C)C)[Si](C)(C)C)c1)[Si](C)(C)C.C[Si](C)(C)C(c1[c]c(C([Si](C)(C)C)[Si](C)(C)C)cc(C([Si](C)(C)C)[Si](C)(C)C)c1)[Si](C)(C)C.S.[S-]S[S-].[Sb].[Sb]. The third kappa shape index (κ3) is 25.7. The first-order valence-corrected chi connectivity index (χ1v) is 72.4. The van der Waals surface area contributed by atoms with Crippen molar-refractivity contribution in [1.82, 2.24) is 0 Å². The Balaban J connectivity index is -0.000000585. The molecule has 0 bridgehead atoms. The van der Waals surface area contributed by atoms with Gasteiger partial charge in [0.1, 0.15) is 0 Å². The molecule has 0 nitrogen and oxygen atoms in total. The fourth-order valence-electron chi connectivity index (χ4n) is 15.8. The van der Waals surface area contributed by atoms with Crippen molar-refractivity contribution in [2.24, 2.45) is 0 Å². The molecule has 2 rings (SSSR count). The van der Waals surface area contributed by atoms with Gasteiger partial charge in [-0.3, -0.25) is 0 Å². The van der Waals surface area contributed by atoms with Gasteiger partial charge in [0.2, 0.25) is 0 Å². The van der Waals surface area contributed by atoms with Gasteiger partial charge in [0, 0.05) is 146 Å². The van der Waals surface area contributed by atoms with Crippen LogP contribution in [0.4, 0.5) is 0 Å². The molecule has 0 N–H and O–H groups in total. The van der Waals surface area contributed by atoms with Crippen molar-refractivity contribution < 1.29 is 0 Å². The maximum atomic E-state index is 4.24. The zero-order valence-corrected chi connectivity index (χ0v) is 74.9. The zero-order valence-electron chi connectivity index (χ0n) is 54.4. The Bertz CT molecular complexity index is 1470. The molecule has 18 heteroatoms. The van der Waals surface area contributed by atoms with Crippen LogP contribution >= 0.6 is 23.3 Å². The molecule has 0 spiro atoms. The monoisotopic (exact) mass is 1470 g/mol. The first kappa shape index (κ1) is 82.5. The smallest absolute Gasteiger partial charge is 0.0493 e. The average molecular weight is 1480 g/mol. The first-order valence-electron chi connectivity index (χ1n) is 26.8. The minimum Gasteiger partial charge on any atom is -0.747 e. The summed E-state index contributed by atoms with van der Waals surface area (Å²) in [5.41, 5.74) is 9.88. The van der Waals surface area contributed by atoms with Crippen LogP contribution in [-0.4, -0.2) is 146 Å². The zero-order chi connectivity index (χ0) is 55.9. The Labute approximate surface area is 522 Å². The summed E-state index contributed by atoms with van der Waals surface area (Å²) in [5.74, 6) is 0. The van der Waals surface area contributed by atoms with Crippen LogP contribution in [0.15, 0.2) is 24.3 Å². The summed E-state index contributed by atoms with van der Waals surface area (Å²) in [5, 5.41) is 4.64. The quantitative estimate of drug-likeness (QED) is 0.0829. The van der Waals surface area contributed by atoms with E-state index in [-0.39, 0.29) is 62.4 Å². The number of hydrogen-bond acceptors (Lipinski definition) is 3. The van der Waals surface area contributed by atoms with E-state index < -0.39 is 96.9 Å². The summed E-state index contributed by atoms with van der Waals surface area (Å²) in [6.45, 7) is 94.1. The summed E-state index contributed by atoms with van der Waals surface area (Å²) in [4.78, 5) is 0. The summed E-state index contributed by atoms with van der Waals surface area (Å²) in [6.07, 6.45) is 0. The molecule has 0 fully saturated rings. The van der Waals surface area contributed by atoms with Gasteiger partial charge in [-0.2, -0.15) is 13.5 Å². The Morgan fingerprint density at radius 2 is 0.361 bits per heavy atom. The fourth-order valence-corrected chi connectivity index (χ4v) is 91.5. The Morgan fingerprint density at radius 1 is 0.264 bits per heavy atom. The van der Waals surface area contributed by atoms with Crippen molar-refractivity contribution in [1.29, 1.82) is 0 Å². The van der Waals surface area contributed by atoms with Gasteiger partial charge in [0.25, 0.3) is 0 Å². The van der Waals surface area contributed by atoms with E-state index >= 15 is 0 Å². The molecule has 0 saturated carbocycles. The van der Waals surface area contributed by atoms with Gasteiger partial charge in [-0.25, -0.2) is 0 Å². The molecule has 0 aliphatic heterocycles. The second-order valence-corrected chi connectivity index (χ2v) is 104. The average Bonchev–Trinajstić information content (AvgIpc) is 2.92. The van der Waals surface area contributed by atoms with Gasteiger partial charge in [-0.1, -0.05) is 260 Å². The van der Waals surface area contributed by atoms with Crippen molar-refractivity contribution >= 4 is 192 Å². The van der Waals surface area contributed by atoms with E-state index in [0.717, 1.165) is 40.8 Å². The third-order valence-electron chi connectivity index (χ3n) is 14.2. The maximum absolute atomic E-state index is 4.24. The normalized spacial score (nSPS) is 14.2. The molecule has 0 aliphatic rings. The molecular formula is C54H120S4Sb2Si12-2. The van der Waals surface area contributed by atoms with Crippen molar-refractivity contribution in [3.05, 3.63) is 69.8 Å². The topological polar surface area (TPSA) is 0 Å². The van der Waals surface area contributed by atoms with E-state index in [0.29, 0.717) is 0 Å². The van der Waals surface area contributed by atoms with Crippen molar-refractivity contribution in [2.45, 2.75) is 267 Å². The molecular weight excluding hydrogens is 1360 g/mol. The molecule has 0 amide bonds. The predicted molar refractivity (Wildman–Crippen MR) is 391 cm³/mol. The van der Waals surface area contributed by atoms with Gasteiger partial charge in [0.05, 0.1) is 0 Å². The van der Waals surface area contributed by atoms with Crippen LogP contribution in [0.1, 0.15) is 64.4 Å². The van der Waals surface area contributed by atoms with E-state index in [4.69, 9.17) is 0 Å². The molecule has 72 heavy (non-hydrogen) atoms. The molecule has 0 aromatic heterocycles. The van der Waals surface area contributed by atoms with Crippen LogP contribution in [0.2, 0.25) is 236 Å². The Hall–Kier alpha value is 4.08. The maximum Gasteiger partial charge on any atom is 0.0493 e. The molecule has 0 unspecified atom stereocenters. The molecule has 8 radical (unpaired) electrons. The van der Waals surface area contributed by atoms with Gasteiger partial charge in [0.15, 0.2) is 0 Å². The van der Waals surface area contributed by atoms with Crippen LogP contribution in [0.3, 0.4) is 0 Å². The largest absolute Gasteiger partial charge is 0.747 e. The first-order chi connectivity index (χ1) is 29.8. The van der Waals surface area contributed by atoms with Gasteiger partial charge in [-0.05, 0) is 76.5 Å². The number of benzene rings is 2. The Kier molecular flexibility index (Phi) is 33.3. The van der Waals surface area contributed by atoms with E-state index in [2.05, 4.69) is 295 Å². The van der Waals surface area contributed by atoms with Crippen molar-refractivity contribution in [2.75, 3.05) is 0 Å². The molecule has 0 aliphatic carbocycles. The van der Waals surface area contributed by atoms with Crippen LogP contribution < -0.4 is 0 Å². The molecule has 0 saturated heterocycles. The van der Waals surface area contributed by atoms with Crippen molar-refractivity contribution in [3.8, 4) is 0 Å². The summed E-state index contributed by atoms with van der Waals surface area (Å²) in [6, 6.07) is 19.3. The third-order valence-corrected chi connectivity index (χ3v) is 70.0. The summed E-state index contributed by atoms with van der Waals surface area (Å²) < 4.78 is 0. The van der Waals surface area contributed by atoms with Crippen LogP contribution in [0.25, 0.3) is 0 Å². The second kappa shape index (κ2) is 29.1. The fraction of sp³-hybridized carbons (Fsp3) is 0.778. The standard InChI is InChI=1S/2C27H59Si6.H2S3.H2S.2Sb/c2*1-28(2,3)25(29(4,5)6)22-19-23(26(30(7,8)9)31(10,11)12)21-24(20-22)27(32(13,14)15)33(16,17)18;1-3-2;;;/h2*19-20,25-27H,1-18H3;1-2H;1H2;;/p-2. The molecule has 2 aromatic carbocycles. The van der Waals surface area contributed by atoms with Crippen LogP contribution in [-0.2, 0) is 23.3 Å². The number of rotatable bonds is 18.